The predicted octanol–water partition coefficient (Wildman–Crippen LogP) is 3.43. The first-order valence-electron chi connectivity index (χ1n) is 9.22. The fraction of sp³-hybridized carbons (Fsp3) is 0.364. The van der Waals surface area contributed by atoms with E-state index in [0.717, 1.165) is 24.9 Å². The number of hydrogen-bond donors (Lipinski definition) is 1. The molecule has 1 saturated heterocycles. The lowest BCUT2D eigenvalue weighted by molar-refractivity contribution is 0.0657. The third-order valence-corrected chi connectivity index (χ3v) is 5.20. The second kappa shape index (κ2) is 7.83. The maximum absolute atomic E-state index is 13.1. The van der Waals surface area contributed by atoms with Crippen LogP contribution < -0.4 is 5.73 Å². The number of piperidine rings is 1. The van der Waals surface area contributed by atoms with Gasteiger partial charge in [0.25, 0.3) is 5.91 Å². The summed E-state index contributed by atoms with van der Waals surface area (Å²) in [5.41, 5.74) is 8.68. The molecule has 2 atom stereocenters. The zero-order valence-corrected chi connectivity index (χ0v) is 15.4. The zero-order valence-electron chi connectivity index (χ0n) is 15.4. The summed E-state index contributed by atoms with van der Waals surface area (Å²) < 4.78 is 0. The van der Waals surface area contributed by atoms with E-state index in [0.29, 0.717) is 29.2 Å². The maximum atomic E-state index is 13.1. The summed E-state index contributed by atoms with van der Waals surface area (Å²) in [5.74, 6) is 0.119. The number of nitrogens with two attached hydrogens (primary N) is 1. The normalized spacial score (nSPS) is 18.4. The van der Waals surface area contributed by atoms with Gasteiger partial charge in [0.2, 0.25) is 0 Å². The summed E-state index contributed by atoms with van der Waals surface area (Å²) >= 11 is 0. The molecule has 0 saturated carbocycles. The molecule has 0 radical (unpaired) electrons. The smallest absolute Gasteiger partial charge is 0.254 e. The molecule has 1 amide bonds. The minimum Gasteiger partial charge on any atom is -0.338 e. The van der Waals surface area contributed by atoms with Gasteiger partial charge in [-0.25, -0.2) is 0 Å². The average molecular weight is 350 g/mol. The summed E-state index contributed by atoms with van der Waals surface area (Å²) in [6.45, 7) is 5.35. The van der Waals surface area contributed by atoms with Crippen molar-refractivity contribution < 1.29 is 9.59 Å². The van der Waals surface area contributed by atoms with Gasteiger partial charge >= 0.3 is 0 Å². The number of nitrogens with zero attached hydrogens (tertiary/aromatic N) is 1. The maximum Gasteiger partial charge on any atom is 0.254 e. The molecule has 0 aromatic heterocycles. The second-order valence-corrected chi connectivity index (χ2v) is 7.25. The van der Waals surface area contributed by atoms with Gasteiger partial charge in [0, 0.05) is 30.3 Å². The molecule has 2 aromatic rings. The van der Waals surface area contributed by atoms with Crippen molar-refractivity contribution in [3.8, 4) is 0 Å². The number of ketones is 1. The Morgan fingerprint density at radius 3 is 2.38 bits per heavy atom. The van der Waals surface area contributed by atoms with Gasteiger partial charge in [-0.15, -0.1) is 0 Å². The Morgan fingerprint density at radius 1 is 1.08 bits per heavy atom. The van der Waals surface area contributed by atoms with Crippen molar-refractivity contribution in [2.24, 2.45) is 11.7 Å². The number of likely N-dealkylation sites (tertiary alicyclic amines) is 1. The summed E-state index contributed by atoms with van der Waals surface area (Å²) in [4.78, 5) is 27.9. The summed E-state index contributed by atoms with van der Waals surface area (Å²) in [7, 11) is 0. The van der Waals surface area contributed by atoms with Gasteiger partial charge in [0.05, 0.1) is 5.56 Å². The first kappa shape index (κ1) is 18.3. The number of carbonyl (C=O) groups is 2. The molecule has 1 heterocycles. The van der Waals surface area contributed by atoms with Crippen molar-refractivity contribution in [2.75, 3.05) is 13.1 Å². The lowest BCUT2D eigenvalue weighted by atomic mass is 9.91. The highest BCUT2D eigenvalue weighted by atomic mass is 16.2. The molecule has 2 N–H and O–H groups in total. The summed E-state index contributed by atoms with van der Waals surface area (Å²) in [6.07, 6.45) is 2.00. The van der Waals surface area contributed by atoms with Gasteiger partial charge in [0.15, 0.2) is 5.78 Å². The van der Waals surface area contributed by atoms with Gasteiger partial charge in [0.1, 0.15) is 0 Å². The first-order chi connectivity index (χ1) is 12.5. The van der Waals surface area contributed by atoms with Gasteiger partial charge in [-0.2, -0.15) is 0 Å². The highest BCUT2D eigenvalue weighted by molar-refractivity contribution is 6.15. The third kappa shape index (κ3) is 3.86. The van der Waals surface area contributed by atoms with Crippen LogP contribution in [0.25, 0.3) is 0 Å². The fourth-order valence-electron chi connectivity index (χ4n) is 3.52. The van der Waals surface area contributed by atoms with Gasteiger partial charge in [-0.1, -0.05) is 48.0 Å². The molecule has 3 rings (SSSR count). The number of benzene rings is 2. The van der Waals surface area contributed by atoms with Crippen LogP contribution in [0.15, 0.2) is 48.5 Å². The SMILES string of the molecule is Cc1ccc(C(=O)c2ccccc2C(=O)N2CCCC(C(C)N)C2)cc1. The molecule has 1 aliphatic heterocycles. The van der Waals surface area contributed by atoms with Gasteiger partial charge in [-0.05, 0) is 38.7 Å². The van der Waals surface area contributed by atoms with Crippen LogP contribution in [-0.2, 0) is 0 Å². The van der Waals surface area contributed by atoms with Gasteiger partial charge < -0.3 is 10.6 Å². The number of aryl methyl sites for hydroxylation is 1. The lowest BCUT2D eigenvalue weighted by Crippen LogP contribution is -2.45. The van der Waals surface area contributed by atoms with E-state index in [9.17, 15) is 9.59 Å². The minimum atomic E-state index is -0.116. The molecule has 4 nitrogen and oxygen atoms in total. The van der Waals surface area contributed by atoms with Crippen LogP contribution in [0.2, 0.25) is 0 Å². The number of carbonyl (C=O) groups excluding carboxylic acids is 2. The fourth-order valence-corrected chi connectivity index (χ4v) is 3.52. The van der Waals surface area contributed by atoms with Crippen LogP contribution in [0.3, 0.4) is 0 Å². The molecule has 26 heavy (non-hydrogen) atoms. The molecule has 1 aliphatic rings. The minimum absolute atomic E-state index is 0.0648. The van der Waals surface area contributed by atoms with Crippen molar-refractivity contribution in [2.45, 2.75) is 32.7 Å². The number of rotatable bonds is 4. The number of amides is 1. The van der Waals surface area contributed by atoms with Gasteiger partial charge in [-0.3, -0.25) is 9.59 Å². The van der Waals surface area contributed by atoms with Crippen molar-refractivity contribution in [3.63, 3.8) is 0 Å². The van der Waals surface area contributed by atoms with E-state index in [4.69, 9.17) is 5.73 Å². The first-order valence-corrected chi connectivity index (χ1v) is 9.22. The molecule has 4 heteroatoms. The van der Waals surface area contributed by atoms with Crippen LogP contribution in [0.4, 0.5) is 0 Å². The Hall–Kier alpha value is -2.46. The van der Waals surface area contributed by atoms with Crippen molar-refractivity contribution >= 4 is 11.7 Å². The Morgan fingerprint density at radius 2 is 1.73 bits per heavy atom. The van der Waals surface area contributed by atoms with E-state index in [-0.39, 0.29) is 17.7 Å². The van der Waals surface area contributed by atoms with Crippen LogP contribution >= 0.6 is 0 Å². The Kier molecular flexibility index (Phi) is 5.52. The lowest BCUT2D eigenvalue weighted by Gasteiger charge is -2.35. The zero-order chi connectivity index (χ0) is 18.7. The van der Waals surface area contributed by atoms with Crippen LogP contribution in [0.5, 0.6) is 0 Å². The Labute approximate surface area is 155 Å². The third-order valence-electron chi connectivity index (χ3n) is 5.20. The molecule has 1 fully saturated rings. The van der Waals surface area contributed by atoms with Crippen LogP contribution in [-0.4, -0.2) is 35.7 Å². The molecular weight excluding hydrogens is 324 g/mol. The molecular formula is C22H26N2O2. The van der Waals surface area contributed by atoms with E-state index in [2.05, 4.69) is 0 Å². The summed E-state index contributed by atoms with van der Waals surface area (Å²) in [5, 5.41) is 0. The molecule has 0 bridgehead atoms. The van der Waals surface area contributed by atoms with E-state index in [1.165, 1.54) is 0 Å². The second-order valence-electron chi connectivity index (χ2n) is 7.25. The Balaban J connectivity index is 1.88. The predicted molar refractivity (Wildman–Crippen MR) is 103 cm³/mol. The van der Waals surface area contributed by atoms with E-state index in [1.807, 2.05) is 49.1 Å². The topological polar surface area (TPSA) is 63.4 Å². The van der Waals surface area contributed by atoms with Crippen molar-refractivity contribution in [1.82, 2.24) is 4.90 Å². The largest absolute Gasteiger partial charge is 0.338 e. The quantitative estimate of drug-likeness (QED) is 0.859. The molecule has 0 aliphatic carbocycles. The molecule has 2 aromatic carbocycles. The van der Waals surface area contributed by atoms with E-state index in [1.54, 1.807) is 18.2 Å². The molecule has 136 valence electrons. The highest BCUT2D eigenvalue weighted by Crippen LogP contribution is 2.23. The average Bonchev–Trinajstić information content (AvgIpc) is 2.67. The number of hydrogen-bond acceptors (Lipinski definition) is 3. The Bertz CT molecular complexity index is 796. The highest BCUT2D eigenvalue weighted by Gasteiger charge is 2.28. The monoisotopic (exact) mass is 350 g/mol. The summed E-state index contributed by atoms with van der Waals surface area (Å²) in [6, 6.07) is 14.6. The van der Waals surface area contributed by atoms with E-state index >= 15 is 0 Å². The van der Waals surface area contributed by atoms with E-state index < -0.39 is 0 Å². The standard InChI is InChI=1S/C22H26N2O2/c1-15-9-11-17(12-10-15)21(25)19-7-3-4-8-20(19)22(26)24-13-5-6-18(14-24)16(2)23/h3-4,7-12,16,18H,5-6,13-14,23H2,1-2H3. The van der Waals surface area contributed by atoms with Crippen LogP contribution in [0, 0.1) is 12.8 Å². The van der Waals surface area contributed by atoms with Crippen molar-refractivity contribution in [1.29, 1.82) is 0 Å². The van der Waals surface area contributed by atoms with Crippen LogP contribution in [0.1, 0.15) is 51.6 Å². The molecule has 0 spiro atoms. The van der Waals surface area contributed by atoms with Crippen molar-refractivity contribution in [3.05, 3.63) is 70.8 Å². The molecule has 2 unspecified atom stereocenters.